The number of aromatic nitrogens is 3. The van der Waals surface area contributed by atoms with Gasteiger partial charge in [0.25, 0.3) is 0 Å². The first-order valence-corrected chi connectivity index (χ1v) is 8.83. The minimum Gasteiger partial charge on any atom is -0.391 e. The van der Waals surface area contributed by atoms with E-state index in [2.05, 4.69) is 15.3 Å². The average molecular weight is 360 g/mol. The molecule has 0 radical (unpaired) electrons. The first-order valence-electron chi connectivity index (χ1n) is 8.83. The Morgan fingerprint density at radius 1 is 1.15 bits per heavy atom. The standard InChI is InChI=1S/C17H24N6O3/c1-3-16(13(2)24)23-17(25)22(12-18-23)15-6-4-14(5-7-15)20-8-10-21(19-26)11-9-20/h4-7,12-13,16,24H,3,8-11H2,1-2H3/t13-,16-/m0/s1. The fourth-order valence-electron chi connectivity index (χ4n) is 3.30. The third-order valence-electron chi connectivity index (χ3n) is 4.85. The summed E-state index contributed by atoms with van der Waals surface area (Å²) in [7, 11) is 0. The molecule has 1 aliphatic heterocycles. The lowest BCUT2D eigenvalue weighted by molar-refractivity contribution is 0.118. The summed E-state index contributed by atoms with van der Waals surface area (Å²) in [5.41, 5.74) is 1.49. The van der Waals surface area contributed by atoms with E-state index in [-0.39, 0.29) is 11.7 Å². The highest BCUT2D eigenvalue weighted by Crippen LogP contribution is 2.19. The molecule has 0 aliphatic carbocycles. The molecule has 1 aromatic carbocycles. The SMILES string of the molecule is CC[C@@H]([C@H](C)O)n1ncn(-c2ccc(N3CCN(N=O)CC3)cc2)c1=O. The van der Waals surface area contributed by atoms with Gasteiger partial charge < -0.3 is 10.0 Å². The summed E-state index contributed by atoms with van der Waals surface area (Å²) < 4.78 is 2.81. The van der Waals surface area contributed by atoms with Gasteiger partial charge in [-0.2, -0.15) is 5.10 Å². The third kappa shape index (κ3) is 3.48. The number of anilines is 1. The molecule has 0 amide bonds. The summed E-state index contributed by atoms with van der Waals surface area (Å²) >= 11 is 0. The van der Waals surface area contributed by atoms with E-state index >= 15 is 0 Å². The number of nitroso groups, excluding NO2 is 1. The summed E-state index contributed by atoms with van der Waals surface area (Å²) in [4.78, 5) is 25.4. The lowest BCUT2D eigenvalue weighted by atomic mass is 10.1. The van der Waals surface area contributed by atoms with Crippen molar-refractivity contribution in [1.82, 2.24) is 19.4 Å². The molecule has 0 saturated carbocycles. The number of hydrogen-bond donors (Lipinski definition) is 1. The Kier molecular flexibility index (Phi) is 5.36. The molecule has 2 atom stereocenters. The number of piperazine rings is 1. The lowest BCUT2D eigenvalue weighted by Gasteiger charge is -2.32. The molecular weight excluding hydrogens is 336 g/mol. The predicted octanol–water partition coefficient (Wildman–Crippen LogP) is 1.17. The molecule has 0 spiro atoms. The Bertz CT molecular complexity index is 790. The molecule has 26 heavy (non-hydrogen) atoms. The molecule has 3 rings (SSSR count). The fourth-order valence-corrected chi connectivity index (χ4v) is 3.30. The largest absolute Gasteiger partial charge is 0.391 e. The van der Waals surface area contributed by atoms with Crippen LogP contribution in [0.2, 0.25) is 0 Å². The van der Waals surface area contributed by atoms with Gasteiger partial charge in [-0.05, 0) is 37.6 Å². The van der Waals surface area contributed by atoms with Crippen LogP contribution >= 0.6 is 0 Å². The fraction of sp³-hybridized carbons (Fsp3) is 0.529. The van der Waals surface area contributed by atoms with Crippen molar-refractivity contribution in [2.75, 3.05) is 31.1 Å². The van der Waals surface area contributed by atoms with E-state index in [0.717, 1.165) is 24.5 Å². The first kappa shape index (κ1) is 18.1. The van der Waals surface area contributed by atoms with Crippen LogP contribution in [-0.4, -0.2) is 56.7 Å². The minimum absolute atomic E-state index is 0.267. The summed E-state index contributed by atoms with van der Waals surface area (Å²) in [6.07, 6.45) is 1.45. The first-order chi connectivity index (χ1) is 12.5. The predicted molar refractivity (Wildman–Crippen MR) is 98.4 cm³/mol. The Morgan fingerprint density at radius 2 is 1.77 bits per heavy atom. The van der Waals surface area contributed by atoms with Gasteiger partial charge in [0.15, 0.2) is 0 Å². The van der Waals surface area contributed by atoms with Gasteiger partial charge in [-0.15, -0.1) is 4.91 Å². The van der Waals surface area contributed by atoms with E-state index in [9.17, 15) is 14.8 Å². The van der Waals surface area contributed by atoms with Crippen LogP contribution in [0.1, 0.15) is 26.3 Å². The zero-order valence-corrected chi connectivity index (χ0v) is 15.0. The van der Waals surface area contributed by atoms with Gasteiger partial charge in [0.05, 0.1) is 36.2 Å². The van der Waals surface area contributed by atoms with Crippen molar-refractivity contribution in [1.29, 1.82) is 0 Å². The van der Waals surface area contributed by atoms with E-state index in [1.807, 2.05) is 31.2 Å². The van der Waals surface area contributed by atoms with Crippen molar-refractivity contribution >= 4 is 5.69 Å². The minimum atomic E-state index is -0.650. The molecule has 9 nitrogen and oxygen atoms in total. The summed E-state index contributed by atoms with van der Waals surface area (Å²) in [6, 6.07) is 7.31. The van der Waals surface area contributed by atoms with E-state index < -0.39 is 6.10 Å². The zero-order valence-electron chi connectivity index (χ0n) is 15.0. The van der Waals surface area contributed by atoms with Crippen LogP contribution < -0.4 is 10.6 Å². The normalized spacial score (nSPS) is 17.2. The topological polar surface area (TPSA) is 96.0 Å². The second-order valence-electron chi connectivity index (χ2n) is 6.48. The Hall–Kier alpha value is -2.68. The van der Waals surface area contributed by atoms with E-state index in [0.29, 0.717) is 19.5 Å². The van der Waals surface area contributed by atoms with Gasteiger partial charge in [-0.3, -0.25) is 5.01 Å². The van der Waals surface area contributed by atoms with Crippen LogP contribution in [0.5, 0.6) is 0 Å². The molecule has 1 N–H and O–H groups in total. The van der Waals surface area contributed by atoms with Crippen molar-refractivity contribution in [2.45, 2.75) is 32.4 Å². The van der Waals surface area contributed by atoms with Crippen LogP contribution in [0, 0.1) is 4.91 Å². The molecule has 1 fully saturated rings. The molecule has 0 bridgehead atoms. The highest BCUT2D eigenvalue weighted by Gasteiger charge is 2.20. The molecule has 1 saturated heterocycles. The number of aliphatic hydroxyl groups is 1. The second-order valence-corrected chi connectivity index (χ2v) is 6.48. The number of hydrogen-bond acceptors (Lipinski definition) is 6. The number of benzene rings is 1. The summed E-state index contributed by atoms with van der Waals surface area (Å²) in [5, 5.41) is 18.5. The maximum Gasteiger partial charge on any atom is 0.350 e. The van der Waals surface area contributed by atoms with Gasteiger partial charge in [0, 0.05) is 18.8 Å². The smallest absolute Gasteiger partial charge is 0.350 e. The zero-order chi connectivity index (χ0) is 18.7. The van der Waals surface area contributed by atoms with Crippen molar-refractivity contribution in [3.63, 3.8) is 0 Å². The molecule has 140 valence electrons. The molecule has 2 heterocycles. The number of aliphatic hydroxyl groups excluding tert-OH is 1. The van der Waals surface area contributed by atoms with E-state index in [1.165, 1.54) is 20.6 Å². The van der Waals surface area contributed by atoms with Gasteiger partial charge in [-0.25, -0.2) is 14.0 Å². The Morgan fingerprint density at radius 3 is 2.31 bits per heavy atom. The van der Waals surface area contributed by atoms with E-state index in [4.69, 9.17) is 0 Å². The second kappa shape index (κ2) is 7.69. The van der Waals surface area contributed by atoms with Crippen molar-refractivity contribution in [3.05, 3.63) is 46.0 Å². The quantitative estimate of drug-likeness (QED) is 0.777. The number of rotatable bonds is 6. The van der Waals surface area contributed by atoms with Crippen LogP contribution in [0.25, 0.3) is 5.69 Å². The van der Waals surface area contributed by atoms with Crippen LogP contribution in [-0.2, 0) is 0 Å². The van der Waals surface area contributed by atoms with Gasteiger partial charge in [0.2, 0.25) is 0 Å². The monoisotopic (exact) mass is 360 g/mol. The van der Waals surface area contributed by atoms with Gasteiger partial charge in [0.1, 0.15) is 6.33 Å². The molecular formula is C17H24N6O3. The highest BCUT2D eigenvalue weighted by atomic mass is 16.3. The van der Waals surface area contributed by atoms with Crippen LogP contribution in [0.15, 0.2) is 40.7 Å². The third-order valence-corrected chi connectivity index (χ3v) is 4.85. The van der Waals surface area contributed by atoms with Crippen molar-refractivity contribution in [2.24, 2.45) is 5.29 Å². The average Bonchev–Trinajstić information content (AvgIpc) is 3.04. The maximum absolute atomic E-state index is 12.6. The molecule has 1 aromatic heterocycles. The van der Waals surface area contributed by atoms with E-state index in [1.54, 1.807) is 6.92 Å². The Labute approximate surface area is 151 Å². The molecule has 0 unspecified atom stereocenters. The lowest BCUT2D eigenvalue weighted by Crippen LogP contribution is -2.43. The van der Waals surface area contributed by atoms with Crippen molar-refractivity contribution in [3.8, 4) is 5.69 Å². The van der Waals surface area contributed by atoms with Crippen LogP contribution in [0.3, 0.4) is 0 Å². The van der Waals surface area contributed by atoms with Crippen LogP contribution in [0.4, 0.5) is 5.69 Å². The summed E-state index contributed by atoms with van der Waals surface area (Å²) in [6.45, 7) is 6.25. The maximum atomic E-state index is 12.6. The highest BCUT2D eigenvalue weighted by molar-refractivity contribution is 5.51. The number of nitrogens with zero attached hydrogens (tertiary/aromatic N) is 6. The molecule has 1 aliphatic rings. The van der Waals surface area contributed by atoms with Gasteiger partial charge >= 0.3 is 5.69 Å². The van der Waals surface area contributed by atoms with Gasteiger partial charge in [-0.1, -0.05) is 6.92 Å². The molecule has 2 aromatic rings. The molecule has 9 heteroatoms. The Balaban J connectivity index is 1.78. The van der Waals surface area contributed by atoms with Crippen molar-refractivity contribution < 1.29 is 5.11 Å². The summed E-state index contributed by atoms with van der Waals surface area (Å²) in [5.74, 6) is 0.